The molecule has 0 radical (unpaired) electrons. The highest BCUT2D eigenvalue weighted by atomic mass is 32.1. The summed E-state index contributed by atoms with van der Waals surface area (Å²) >= 11 is 2.85. The van der Waals surface area contributed by atoms with E-state index in [1.54, 1.807) is 31.3 Å². The molecule has 110 valence electrons. The van der Waals surface area contributed by atoms with Crippen molar-refractivity contribution in [3.8, 4) is 0 Å². The maximum Gasteiger partial charge on any atom is 0.310 e. The van der Waals surface area contributed by atoms with Gasteiger partial charge < -0.3 is 10.4 Å². The Kier molecular flexibility index (Phi) is 3.22. The van der Waals surface area contributed by atoms with Crippen LogP contribution in [0.5, 0.6) is 0 Å². The van der Waals surface area contributed by atoms with Crippen molar-refractivity contribution in [1.29, 1.82) is 0 Å². The normalized spacial score (nSPS) is 12.1. The second kappa shape index (κ2) is 4.81. The number of carboxylic acids is 1. The molecule has 0 fully saturated rings. The molecule has 0 saturated carbocycles. The number of hydrogen-bond acceptors (Lipinski definition) is 5. The third-order valence-electron chi connectivity index (χ3n) is 3.23. The zero-order chi connectivity index (χ0) is 15.2. The Labute approximate surface area is 128 Å². The molecule has 3 aromatic rings. The standard InChI is InChI=1S/C13H13N3O3S2/c1-13(2,11(18)19)6-14-9(17)8-5-7-10(21-8)15-12-16(7)3-4-20-12/h3-5H,6H2,1-2H3,(H,14,17)(H,18,19). The Morgan fingerprint density at radius 2 is 2.24 bits per heavy atom. The smallest absolute Gasteiger partial charge is 0.310 e. The summed E-state index contributed by atoms with van der Waals surface area (Å²) in [6, 6.07) is 1.79. The Hall–Kier alpha value is -1.93. The van der Waals surface area contributed by atoms with E-state index in [2.05, 4.69) is 10.3 Å². The third kappa shape index (κ3) is 2.40. The highest BCUT2D eigenvalue weighted by Gasteiger charge is 2.28. The molecule has 0 atom stereocenters. The van der Waals surface area contributed by atoms with Crippen LogP contribution in [0.1, 0.15) is 23.5 Å². The molecule has 1 amide bonds. The molecule has 0 bridgehead atoms. The molecule has 8 heteroatoms. The molecule has 3 heterocycles. The summed E-state index contributed by atoms with van der Waals surface area (Å²) in [6.07, 6.45) is 1.91. The van der Waals surface area contributed by atoms with E-state index in [1.807, 2.05) is 16.0 Å². The van der Waals surface area contributed by atoms with E-state index in [9.17, 15) is 9.59 Å². The number of carbonyl (C=O) groups is 2. The van der Waals surface area contributed by atoms with E-state index >= 15 is 0 Å². The molecule has 0 aromatic carbocycles. The summed E-state index contributed by atoms with van der Waals surface area (Å²) < 4.78 is 1.94. The molecule has 6 nitrogen and oxygen atoms in total. The molecule has 0 aliphatic carbocycles. The number of aromatic nitrogens is 2. The fourth-order valence-electron chi connectivity index (χ4n) is 1.82. The van der Waals surface area contributed by atoms with Crippen molar-refractivity contribution in [1.82, 2.24) is 14.7 Å². The number of imidazole rings is 1. The van der Waals surface area contributed by atoms with E-state index < -0.39 is 11.4 Å². The second-order valence-corrected chi connectivity index (χ2v) is 7.24. The summed E-state index contributed by atoms with van der Waals surface area (Å²) in [5.41, 5.74) is -0.0890. The minimum atomic E-state index is -0.991. The summed E-state index contributed by atoms with van der Waals surface area (Å²) in [4.78, 5) is 29.8. The molecule has 0 aliphatic heterocycles. The average molecular weight is 323 g/mol. The Morgan fingerprint density at radius 1 is 1.48 bits per heavy atom. The zero-order valence-corrected chi connectivity index (χ0v) is 13.0. The highest BCUT2D eigenvalue weighted by molar-refractivity contribution is 7.21. The van der Waals surface area contributed by atoms with Crippen LogP contribution in [0.2, 0.25) is 0 Å². The van der Waals surface area contributed by atoms with Gasteiger partial charge in [0.25, 0.3) is 5.91 Å². The van der Waals surface area contributed by atoms with Gasteiger partial charge >= 0.3 is 5.97 Å². The fourth-order valence-corrected chi connectivity index (χ4v) is 3.54. The van der Waals surface area contributed by atoms with Gasteiger partial charge in [0.2, 0.25) is 0 Å². The van der Waals surface area contributed by atoms with Crippen LogP contribution in [0.4, 0.5) is 0 Å². The van der Waals surface area contributed by atoms with Gasteiger partial charge in [0.15, 0.2) is 4.96 Å². The van der Waals surface area contributed by atoms with E-state index in [4.69, 9.17) is 5.11 Å². The van der Waals surface area contributed by atoms with Gasteiger partial charge in [0.1, 0.15) is 4.83 Å². The lowest BCUT2D eigenvalue weighted by molar-refractivity contribution is -0.146. The molecular formula is C13H13N3O3S2. The lowest BCUT2D eigenvalue weighted by atomic mass is 9.94. The van der Waals surface area contributed by atoms with Crippen LogP contribution in [-0.2, 0) is 4.79 Å². The Bertz CT molecular complexity index is 843. The van der Waals surface area contributed by atoms with Crippen LogP contribution in [0.15, 0.2) is 17.6 Å². The van der Waals surface area contributed by atoms with E-state index in [0.29, 0.717) is 4.88 Å². The first-order chi connectivity index (χ1) is 9.88. The first kappa shape index (κ1) is 14.0. The highest BCUT2D eigenvalue weighted by Crippen LogP contribution is 2.28. The number of fused-ring (bicyclic) bond motifs is 3. The van der Waals surface area contributed by atoms with Gasteiger partial charge in [-0.2, -0.15) is 0 Å². The topological polar surface area (TPSA) is 83.7 Å². The Morgan fingerprint density at radius 3 is 2.95 bits per heavy atom. The number of carboxylic acid groups (broad SMARTS) is 1. The first-order valence-corrected chi connectivity index (χ1v) is 7.95. The lowest BCUT2D eigenvalue weighted by Crippen LogP contribution is -2.38. The van der Waals surface area contributed by atoms with Crippen LogP contribution < -0.4 is 5.32 Å². The van der Waals surface area contributed by atoms with Crippen LogP contribution in [-0.4, -0.2) is 32.9 Å². The van der Waals surface area contributed by atoms with E-state index in [1.165, 1.54) is 11.3 Å². The molecule has 0 saturated heterocycles. The number of nitrogens with one attached hydrogen (secondary N) is 1. The summed E-state index contributed by atoms with van der Waals surface area (Å²) in [6.45, 7) is 3.23. The van der Waals surface area contributed by atoms with Crippen molar-refractivity contribution in [2.24, 2.45) is 5.41 Å². The summed E-state index contributed by atoms with van der Waals surface area (Å²) in [7, 11) is 0. The van der Waals surface area contributed by atoms with Crippen LogP contribution in [0.25, 0.3) is 15.3 Å². The molecule has 0 unspecified atom stereocenters. The van der Waals surface area contributed by atoms with Gasteiger partial charge in [-0.25, -0.2) is 4.98 Å². The third-order valence-corrected chi connectivity index (χ3v) is 5.01. The number of carbonyl (C=O) groups excluding carboxylic acids is 1. The minimum Gasteiger partial charge on any atom is -0.481 e. The van der Waals surface area contributed by atoms with Gasteiger partial charge in [-0.05, 0) is 19.9 Å². The predicted octanol–water partition coefficient (Wildman–Crippen LogP) is 2.45. The number of thiophene rings is 1. The molecule has 0 spiro atoms. The number of aliphatic carboxylic acids is 1. The SMILES string of the molecule is CC(C)(CNC(=O)c1cc2c(nc3sccn32)s1)C(=O)O. The molecule has 3 aromatic heterocycles. The largest absolute Gasteiger partial charge is 0.481 e. The monoisotopic (exact) mass is 323 g/mol. The first-order valence-electron chi connectivity index (χ1n) is 6.25. The van der Waals surface area contributed by atoms with Crippen molar-refractivity contribution in [3.63, 3.8) is 0 Å². The number of amides is 1. The maximum atomic E-state index is 12.1. The number of rotatable bonds is 4. The number of hydrogen-bond donors (Lipinski definition) is 2. The number of nitrogens with zero attached hydrogens (tertiary/aromatic N) is 2. The second-order valence-electron chi connectivity index (χ2n) is 5.34. The number of thiazole rings is 1. The molecular weight excluding hydrogens is 310 g/mol. The fraction of sp³-hybridized carbons (Fsp3) is 0.308. The van der Waals surface area contributed by atoms with Gasteiger partial charge in [0.05, 0.1) is 15.8 Å². The van der Waals surface area contributed by atoms with Gasteiger partial charge in [-0.3, -0.25) is 14.0 Å². The van der Waals surface area contributed by atoms with Gasteiger partial charge in [-0.15, -0.1) is 22.7 Å². The average Bonchev–Trinajstić information content (AvgIpc) is 3.06. The van der Waals surface area contributed by atoms with Crippen molar-refractivity contribution in [2.75, 3.05) is 6.54 Å². The van der Waals surface area contributed by atoms with Crippen LogP contribution in [0, 0.1) is 5.41 Å². The maximum absolute atomic E-state index is 12.1. The van der Waals surface area contributed by atoms with E-state index in [0.717, 1.165) is 15.3 Å². The Balaban J connectivity index is 1.81. The molecule has 3 rings (SSSR count). The van der Waals surface area contributed by atoms with Crippen molar-refractivity contribution in [3.05, 3.63) is 22.5 Å². The van der Waals surface area contributed by atoms with Crippen LogP contribution in [0.3, 0.4) is 0 Å². The van der Waals surface area contributed by atoms with Crippen molar-refractivity contribution < 1.29 is 14.7 Å². The molecule has 0 aliphatic rings. The molecule has 2 N–H and O–H groups in total. The predicted molar refractivity (Wildman–Crippen MR) is 82.2 cm³/mol. The molecule has 21 heavy (non-hydrogen) atoms. The van der Waals surface area contributed by atoms with Crippen LogP contribution >= 0.6 is 22.7 Å². The van der Waals surface area contributed by atoms with Gasteiger partial charge in [-0.1, -0.05) is 0 Å². The summed E-state index contributed by atoms with van der Waals surface area (Å²) in [5.74, 6) is -1.21. The quantitative estimate of drug-likeness (QED) is 0.772. The van der Waals surface area contributed by atoms with Crippen molar-refractivity contribution in [2.45, 2.75) is 13.8 Å². The minimum absolute atomic E-state index is 0.0811. The van der Waals surface area contributed by atoms with Crippen molar-refractivity contribution >= 4 is 49.9 Å². The van der Waals surface area contributed by atoms with E-state index in [-0.39, 0.29) is 12.5 Å². The summed E-state index contributed by atoms with van der Waals surface area (Å²) in [5, 5.41) is 13.6. The van der Waals surface area contributed by atoms with Gasteiger partial charge in [0, 0.05) is 18.1 Å². The lowest BCUT2D eigenvalue weighted by Gasteiger charge is -2.18. The zero-order valence-electron chi connectivity index (χ0n) is 11.4.